The number of nitriles is 1. The summed E-state index contributed by atoms with van der Waals surface area (Å²) in [4.78, 5) is 23.8. The average Bonchev–Trinajstić information content (AvgIpc) is 2.69. The van der Waals surface area contributed by atoms with Gasteiger partial charge >= 0.3 is 5.97 Å². The molecule has 7 nitrogen and oxygen atoms in total. The molecule has 0 heterocycles. The Morgan fingerprint density at radius 1 is 1.29 bits per heavy atom. The Hall–Kier alpha value is -3.50. The van der Waals surface area contributed by atoms with Crippen molar-refractivity contribution in [2.24, 2.45) is 0 Å². The predicted molar refractivity (Wildman–Crippen MR) is 104 cm³/mol. The van der Waals surface area contributed by atoms with Crippen LogP contribution in [0.25, 0.3) is 6.08 Å². The second kappa shape index (κ2) is 9.44. The smallest absolute Gasteiger partial charge is 0.337 e. The first-order valence-electron chi connectivity index (χ1n) is 8.16. The maximum atomic E-state index is 12.4. The number of nitrogens with zero attached hydrogens (tertiary/aromatic N) is 1. The Morgan fingerprint density at radius 3 is 2.54 bits per heavy atom. The lowest BCUT2D eigenvalue weighted by Gasteiger charge is -2.09. The van der Waals surface area contributed by atoms with Gasteiger partial charge in [-0.3, -0.25) is 4.79 Å². The minimum atomic E-state index is -0.643. The highest BCUT2D eigenvalue weighted by Gasteiger charge is 2.13. The van der Waals surface area contributed by atoms with E-state index in [4.69, 9.17) is 16.3 Å². The van der Waals surface area contributed by atoms with Crippen LogP contribution in [0.1, 0.15) is 22.8 Å². The molecule has 1 amide bonds. The van der Waals surface area contributed by atoms with Gasteiger partial charge in [-0.15, -0.1) is 0 Å². The second-order valence-corrected chi connectivity index (χ2v) is 5.88. The molecule has 2 aromatic carbocycles. The van der Waals surface area contributed by atoms with Crippen LogP contribution in [0.5, 0.6) is 11.5 Å². The molecule has 2 N–H and O–H groups in total. The second-order valence-electron chi connectivity index (χ2n) is 5.48. The zero-order valence-corrected chi connectivity index (χ0v) is 15.9. The molecule has 0 aromatic heterocycles. The van der Waals surface area contributed by atoms with Gasteiger partial charge in [0, 0.05) is 5.69 Å². The van der Waals surface area contributed by atoms with Gasteiger partial charge in [-0.2, -0.15) is 5.26 Å². The number of halogens is 1. The van der Waals surface area contributed by atoms with E-state index in [1.54, 1.807) is 6.92 Å². The summed E-state index contributed by atoms with van der Waals surface area (Å²) in [5.41, 5.74) is 0.969. The van der Waals surface area contributed by atoms with Crippen molar-refractivity contribution in [3.63, 3.8) is 0 Å². The highest BCUT2D eigenvalue weighted by molar-refractivity contribution is 6.32. The Labute approximate surface area is 166 Å². The summed E-state index contributed by atoms with van der Waals surface area (Å²) in [5, 5.41) is 21.8. The molecule has 0 saturated carbocycles. The molecule has 0 spiro atoms. The number of hydrogen-bond donors (Lipinski definition) is 2. The molecule has 0 atom stereocenters. The zero-order valence-electron chi connectivity index (χ0n) is 15.2. The fourth-order valence-electron chi connectivity index (χ4n) is 2.26. The maximum Gasteiger partial charge on any atom is 0.337 e. The number of methoxy groups -OCH3 is 1. The number of carbonyl (C=O) groups excluding carboxylic acids is 2. The molecule has 0 aliphatic rings. The number of hydrogen-bond acceptors (Lipinski definition) is 6. The zero-order chi connectivity index (χ0) is 20.7. The lowest BCUT2D eigenvalue weighted by Crippen LogP contribution is -2.13. The van der Waals surface area contributed by atoms with Crippen LogP contribution in [0.15, 0.2) is 42.0 Å². The summed E-state index contributed by atoms with van der Waals surface area (Å²) < 4.78 is 9.89. The third-order valence-corrected chi connectivity index (χ3v) is 3.88. The van der Waals surface area contributed by atoms with Gasteiger partial charge < -0.3 is 19.9 Å². The Balaban J connectivity index is 2.24. The molecule has 0 saturated heterocycles. The minimum absolute atomic E-state index is 0.0355. The SMILES string of the molecule is CCOc1cc(/C=C(\C#N)C(=O)Nc2ccc(C(=O)OC)cc2)cc(Cl)c1O. The number of esters is 1. The fourth-order valence-corrected chi connectivity index (χ4v) is 2.48. The average molecular weight is 401 g/mol. The number of anilines is 1. The van der Waals surface area contributed by atoms with Gasteiger partial charge in [-0.25, -0.2) is 4.79 Å². The summed E-state index contributed by atoms with van der Waals surface area (Å²) in [5.74, 6) is -1.20. The highest BCUT2D eigenvalue weighted by atomic mass is 35.5. The molecule has 2 rings (SSSR count). The van der Waals surface area contributed by atoms with E-state index in [9.17, 15) is 20.0 Å². The topological polar surface area (TPSA) is 109 Å². The van der Waals surface area contributed by atoms with Crippen molar-refractivity contribution in [1.29, 1.82) is 5.26 Å². The van der Waals surface area contributed by atoms with Crippen LogP contribution in [0.2, 0.25) is 5.02 Å². The molecule has 144 valence electrons. The molecular weight excluding hydrogens is 384 g/mol. The van der Waals surface area contributed by atoms with Gasteiger partial charge in [0.05, 0.1) is 24.3 Å². The first-order chi connectivity index (χ1) is 13.4. The summed E-state index contributed by atoms with van der Waals surface area (Å²) >= 11 is 5.96. The van der Waals surface area contributed by atoms with E-state index in [2.05, 4.69) is 10.1 Å². The van der Waals surface area contributed by atoms with Crippen molar-refractivity contribution >= 4 is 35.2 Å². The van der Waals surface area contributed by atoms with E-state index in [0.717, 1.165) is 0 Å². The number of carbonyl (C=O) groups is 2. The van der Waals surface area contributed by atoms with Crippen molar-refractivity contribution in [2.75, 3.05) is 19.0 Å². The molecular formula is C20H17ClN2O5. The summed E-state index contributed by atoms with van der Waals surface area (Å²) in [6.07, 6.45) is 1.33. The van der Waals surface area contributed by atoms with Crippen LogP contribution in [0.3, 0.4) is 0 Å². The monoisotopic (exact) mass is 400 g/mol. The molecule has 0 radical (unpaired) electrons. The van der Waals surface area contributed by atoms with E-state index < -0.39 is 11.9 Å². The van der Waals surface area contributed by atoms with Gasteiger partial charge in [0.2, 0.25) is 0 Å². The number of nitrogens with one attached hydrogen (secondary N) is 1. The molecule has 28 heavy (non-hydrogen) atoms. The lowest BCUT2D eigenvalue weighted by atomic mass is 10.1. The Morgan fingerprint density at radius 2 is 1.96 bits per heavy atom. The van der Waals surface area contributed by atoms with Gasteiger partial charge in [0.15, 0.2) is 11.5 Å². The number of amides is 1. The number of phenolic OH excluding ortho intramolecular Hbond substituents is 1. The fraction of sp³-hybridized carbons (Fsp3) is 0.150. The molecule has 0 aliphatic heterocycles. The van der Waals surface area contributed by atoms with Gasteiger partial charge in [0.25, 0.3) is 5.91 Å². The molecule has 8 heteroatoms. The van der Waals surface area contributed by atoms with Gasteiger partial charge in [0.1, 0.15) is 11.6 Å². The summed E-state index contributed by atoms with van der Waals surface area (Å²) in [7, 11) is 1.27. The predicted octanol–water partition coefficient (Wildman–Crippen LogP) is 3.78. The van der Waals surface area contributed by atoms with Crippen molar-refractivity contribution in [3.05, 3.63) is 58.1 Å². The van der Waals surface area contributed by atoms with Crippen LogP contribution in [0.4, 0.5) is 5.69 Å². The van der Waals surface area contributed by atoms with E-state index in [1.165, 1.54) is 49.6 Å². The molecule has 0 bridgehead atoms. The van der Waals surface area contributed by atoms with Crippen LogP contribution >= 0.6 is 11.6 Å². The highest BCUT2D eigenvalue weighted by Crippen LogP contribution is 2.35. The number of benzene rings is 2. The van der Waals surface area contributed by atoms with Crippen molar-refractivity contribution < 1.29 is 24.2 Å². The van der Waals surface area contributed by atoms with Gasteiger partial charge in [-0.05, 0) is 55.0 Å². The largest absolute Gasteiger partial charge is 0.503 e. The van der Waals surface area contributed by atoms with Crippen molar-refractivity contribution in [2.45, 2.75) is 6.92 Å². The standard InChI is InChI=1S/C20H17ClN2O5/c1-3-28-17-10-12(9-16(21)18(17)24)8-14(11-22)19(25)23-15-6-4-13(5-7-15)20(26)27-2/h4-10,24H,3H2,1-2H3,(H,23,25)/b14-8+. The first kappa shape index (κ1) is 20.8. The number of rotatable bonds is 6. The van der Waals surface area contributed by atoms with E-state index in [-0.39, 0.29) is 22.1 Å². The third-order valence-electron chi connectivity index (χ3n) is 3.59. The van der Waals surface area contributed by atoms with Crippen molar-refractivity contribution in [3.8, 4) is 17.6 Å². The maximum absolute atomic E-state index is 12.4. The molecule has 2 aromatic rings. The first-order valence-corrected chi connectivity index (χ1v) is 8.54. The van der Waals surface area contributed by atoms with Crippen LogP contribution < -0.4 is 10.1 Å². The molecule has 0 fully saturated rings. The van der Waals surface area contributed by atoms with Crippen molar-refractivity contribution in [1.82, 2.24) is 0 Å². The summed E-state index contributed by atoms with van der Waals surface area (Å²) in [6, 6.07) is 10.7. The van der Waals surface area contributed by atoms with E-state index >= 15 is 0 Å². The van der Waals surface area contributed by atoms with Gasteiger partial charge in [-0.1, -0.05) is 11.6 Å². The Kier molecular flexibility index (Phi) is 7.02. The molecule has 0 unspecified atom stereocenters. The van der Waals surface area contributed by atoms with E-state index in [1.807, 2.05) is 6.07 Å². The lowest BCUT2D eigenvalue weighted by molar-refractivity contribution is -0.112. The number of ether oxygens (including phenoxy) is 2. The molecule has 0 aliphatic carbocycles. The van der Waals surface area contributed by atoms with Crippen LogP contribution in [-0.4, -0.2) is 30.7 Å². The van der Waals surface area contributed by atoms with E-state index in [0.29, 0.717) is 23.4 Å². The van der Waals surface area contributed by atoms with Crippen LogP contribution in [-0.2, 0) is 9.53 Å². The Bertz CT molecular complexity index is 962. The third kappa shape index (κ3) is 5.02. The minimum Gasteiger partial charge on any atom is -0.503 e. The normalized spacial score (nSPS) is 10.7. The number of aromatic hydroxyl groups is 1. The summed E-state index contributed by atoms with van der Waals surface area (Å²) in [6.45, 7) is 2.06. The van der Waals surface area contributed by atoms with Crippen LogP contribution in [0, 0.1) is 11.3 Å². The number of phenols is 1. The quantitative estimate of drug-likeness (QED) is 0.434.